The van der Waals surface area contributed by atoms with Gasteiger partial charge >= 0.3 is 0 Å². The minimum atomic E-state index is -0.570. The molecule has 0 spiro atoms. The Labute approximate surface area is 181 Å². The summed E-state index contributed by atoms with van der Waals surface area (Å²) < 4.78 is 7.78. The molecule has 1 unspecified atom stereocenters. The van der Waals surface area contributed by atoms with Crippen LogP contribution in [0.3, 0.4) is 0 Å². The van der Waals surface area contributed by atoms with E-state index in [1.54, 1.807) is 25.3 Å². The number of amides is 2. The molecule has 2 aromatic rings. The third kappa shape index (κ3) is 4.61. The summed E-state index contributed by atoms with van der Waals surface area (Å²) in [5.74, 6) is 1.62. The number of aromatic nitrogens is 2. The van der Waals surface area contributed by atoms with Crippen LogP contribution in [0.5, 0.6) is 5.75 Å². The van der Waals surface area contributed by atoms with Crippen molar-refractivity contribution in [3.05, 3.63) is 41.0 Å². The first-order valence-corrected chi connectivity index (χ1v) is 10.9. The number of hydrogen-bond donors (Lipinski definition) is 1. The number of nitrogens with one attached hydrogen (secondary N) is 1. The molecular weight excluding hydrogens is 404 g/mol. The molecule has 2 heterocycles. The Balaban J connectivity index is 1.32. The summed E-state index contributed by atoms with van der Waals surface area (Å²) in [5.41, 5.74) is 0.903. The van der Waals surface area contributed by atoms with E-state index in [1.165, 1.54) is 0 Å². The van der Waals surface area contributed by atoms with Gasteiger partial charge in [-0.15, -0.1) is 0 Å². The van der Waals surface area contributed by atoms with Crippen LogP contribution in [0.2, 0.25) is 5.02 Å². The van der Waals surface area contributed by atoms with Gasteiger partial charge in [-0.3, -0.25) is 9.59 Å². The Hall–Kier alpha value is -2.54. The number of rotatable bonds is 6. The number of likely N-dealkylation sites (tertiary alicyclic amines) is 1. The zero-order valence-corrected chi connectivity index (χ0v) is 18.1. The second-order valence-corrected chi connectivity index (χ2v) is 8.59. The molecule has 7 nitrogen and oxygen atoms in total. The van der Waals surface area contributed by atoms with Crippen LogP contribution in [0.15, 0.2) is 30.5 Å². The third-order valence-electron chi connectivity index (χ3n) is 5.78. The molecule has 1 aromatic carbocycles. The monoisotopic (exact) mass is 430 g/mol. The fourth-order valence-corrected chi connectivity index (χ4v) is 4.08. The molecule has 1 saturated heterocycles. The quantitative estimate of drug-likeness (QED) is 0.755. The van der Waals surface area contributed by atoms with Crippen molar-refractivity contribution in [1.82, 2.24) is 14.7 Å². The fraction of sp³-hybridized carbons (Fsp3) is 0.500. The number of carbonyl (C=O) groups is 2. The molecule has 1 aliphatic heterocycles. The van der Waals surface area contributed by atoms with Crippen molar-refractivity contribution in [2.45, 2.75) is 51.7 Å². The Bertz CT molecular complexity index is 932. The summed E-state index contributed by atoms with van der Waals surface area (Å²) >= 11 is 5.99. The maximum atomic E-state index is 12.9. The van der Waals surface area contributed by atoms with E-state index in [4.69, 9.17) is 16.3 Å². The average molecular weight is 431 g/mol. The van der Waals surface area contributed by atoms with Crippen LogP contribution >= 0.6 is 11.6 Å². The van der Waals surface area contributed by atoms with Gasteiger partial charge in [0.05, 0.1) is 12.2 Å². The van der Waals surface area contributed by atoms with E-state index >= 15 is 0 Å². The summed E-state index contributed by atoms with van der Waals surface area (Å²) in [6.07, 6.45) is 4.65. The fourth-order valence-electron chi connectivity index (χ4n) is 3.85. The Morgan fingerprint density at radius 2 is 1.93 bits per heavy atom. The lowest BCUT2D eigenvalue weighted by Gasteiger charge is -2.34. The van der Waals surface area contributed by atoms with Gasteiger partial charge in [-0.25, -0.2) is 4.68 Å². The number of piperidine rings is 1. The number of halogens is 1. The maximum absolute atomic E-state index is 12.9. The normalized spacial score (nSPS) is 18.2. The van der Waals surface area contributed by atoms with Crippen LogP contribution in [-0.2, 0) is 9.59 Å². The number of aryl methyl sites for hydroxylation is 1. The topological polar surface area (TPSA) is 76.5 Å². The first-order valence-electron chi connectivity index (χ1n) is 10.5. The SMILES string of the molecule is Cc1cc(Cl)ccc1OC(C)C(=O)N1CCC(n2nccc2NC(=O)C2CC2)CC1. The minimum Gasteiger partial charge on any atom is -0.481 e. The van der Waals surface area contributed by atoms with E-state index < -0.39 is 6.10 Å². The van der Waals surface area contributed by atoms with Crippen molar-refractivity contribution in [2.24, 2.45) is 5.92 Å². The van der Waals surface area contributed by atoms with Crippen LogP contribution in [0.4, 0.5) is 5.82 Å². The predicted molar refractivity (Wildman–Crippen MR) is 115 cm³/mol. The molecular formula is C22H27ClN4O3. The number of hydrogen-bond acceptors (Lipinski definition) is 4. The van der Waals surface area contributed by atoms with Gasteiger partial charge in [-0.1, -0.05) is 11.6 Å². The van der Waals surface area contributed by atoms with Crippen molar-refractivity contribution in [3.63, 3.8) is 0 Å². The highest BCUT2D eigenvalue weighted by Crippen LogP contribution is 2.31. The van der Waals surface area contributed by atoms with Crippen LogP contribution in [-0.4, -0.2) is 45.7 Å². The number of carbonyl (C=O) groups excluding carboxylic acids is 2. The molecule has 2 amide bonds. The molecule has 2 fully saturated rings. The Kier molecular flexibility index (Phi) is 5.99. The van der Waals surface area contributed by atoms with Crippen molar-refractivity contribution in [3.8, 4) is 5.75 Å². The molecule has 2 aliphatic rings. The molecule has 4 rings (SSSR count). The molecule has 8 heteroatoms. The Morgan fingerprint density at radius 3 is 2.60 bits per heavy atom. The lowest BCUT2D eigenvalue weighted by Crippen LogP contribution is -2.45. The van der Waals surface area contributed by atoms with E-state index in [1.807, 2.05) is 28.6 Å². The van der Waals surface area contributed by atoms with Crippen molar-refractivity contribution in [1.29, 1.82) is 0 Å². The predicted octanol–water partition coefficient (Wildman–Crippen LogP) is 3.82. The Morgan fingerprint density at radius 1 is 1.20 bits per heavy atom. The lowest BCUT2D eigenvalue weighted by molar-refractivity contribution is -0.139. The summed E-state index contributed by atoms with van der Waals surface area (Å²) in [6, 6.07) is 7.37. The summed E-state index contributed by atoms with van der Waals surface area (Å²) in [6.45, 7) is 4.95. The highest BCUT2D eigenvalue weighted by molar-refractivity contribution is 6.30. The zero-order valence-electron chi connectivity index (χ0n) is 17.3. The van der Waals surface area contributed by atoms with Crippen molar-refractivity contribution < 1.29 is 14.3 Å². The minimum absolute atomic E-state index is 0.0227. The van der Waals surface area contributed by atoms with Gasteiger partial charge in [0.2, 0.25) is 5.91 Å². The molecule has 160 valence electrons. The number of nitrogens with zero attached hydrogens (tertiary/aromatic N) is 3. The van der Waals surface area contributed by atoms with Crippen LogP contribution in [0.25, 0.3) is 0 Å². The molecule has 1 aliphatic carbocycles. The van der Waals surface area contributed by atoms with E-state index in [9.17, 15) is 9.59 Å². The molecule has 1 aromatic heterocycles. The maximum Gasteiger partial charge on any atom is 0.263 e. The van der Waals surface area contributed by atoms with Crippen LogP contribution < -0.4 is 10.1 Å². The van der Waals surface area contributed by atoms with Gasteiger partial charge in [0.1, 0.15) is 11.6 Å². The molecule has 0 radical (unpaired) electrons. The second kappa shape index (κ2) is 8.68. The summed E-state index contributed by atoms with van der Waals surface area (Å²) in [4.78, 5) is 26.8. The average Bonchev–Trinajstić information content (AvgIpc) is 3.49. The highest BCUT2D eigenvalue weighted by Gasteiger charge is 2.32. The van der Waals surface area contributed by atoms with E-state index in [2.05, 4.69) is 10.4 Å². The van der Waals surface area contributed by atoms with Gasteiger partial charge in [0, 0.05) is 30.1 Å². The van der Waals surface area contributed by atoms with E-state index in [0.29, 0.717) is 23.9 Å². The highest BCUT2D eigenvalue weighted by atomic mass is 35.5. The standard InChI is InChI=1S/C22H27ClN4O3/c1-14-13-17(23)5-6-19(14)30-15(2)22(29)26-11-8-18(9-12-26)27-20(7-10-24-27)25-21(28)16-3-4-16/h5-7,10,13,15-16,18H,3-4,8-9,11-12H2,1-2H3,(H,25,28). The number of anilines is 1. The number of benzene rings is 1. The first kappa shape index (κ1) is 20.7. The molecule has 1 saturated carbocycles. The zero-order chi connectivity index (χ0) is 21.3. The van der Waals surface area contributed by atoms with Crippen molar-refractivity contribution >= 4 is 29.2 Å². The van der Waals surface area contributed by atoms with E-state index in [0.717, 1.165) is 37.1 Å². The van der Waals surface area contributed by atoms with Gasteiger partial charge in [-0.05, 0) is 63.3 Å². The largest absolute Gasteiger partial charge is 0.481 e. The number of ether oxygens (including phenoxy) is 1. The molecule has 30 heavy (non-hydrogen) atoms. The second-order valence-electron chi connectivity index (χ2n) is 8.15. The smallest absolute Gasteiger partial charge is 0.263 e. The lowest BCUT2D eigenvalue weighted by atomic mass is 10.0. The molecule has 1 N–H and O–H groups in total. The van der Waals surface area contributed by atoms with Gasteiger partial charge in [0.25, 0.3) is 5.91 Å². The van der Waals surface area contributed by atoms with Gasteiger partial charge in [0.15, 0.2) is 6.10 Å². The van der Waals surface area contributed by atoms with Gasteiger partial charge < -0.3 is 15.0 Å². The van der Waals surface area contributed by atoms with Crippen LogP contribution in [0, 0.1) is 12.8 Å². The molecule has 0 bridgehead atoms. The summed E-state index contributed by atoms with van der Waals surface area (Å²) in [7, 11) is 0. The van der Waals surface area contributed by atoms with Crippen LogP contribution in [0.1, 0.15) is 44.2 Å². The van der Waals surface area contributed by atoms with Crippen molar-refractivity contribution in [2.75, 3.05) is 18.4 Å². The summed E-state index contributed by atoms with van der Waals surface area (Å²) in [5, 5.41) is 8.05. The third-order valence-corrected chi connectivity index (χ3v) is 6.02. The first-order chi connectivity index (χ1) is 14.4. The van der Waals surface area contributed by atoms with Gasteiger partial charge in [-0.2, -0.15) is 5.10 Å². The molecule has 1 atom stereocenters. The van der Waals surface area contributed by atoms with E-state index in [-0.39, 0.29) is 23.8 Å².